The van der Waals surface area contributed by atoms with Gasteiger partial charge in [-0.1, -0.05) is 64.3 Å². The second-order valence-electron chi connectivity index (χ2n) is 7.11. The lowest BCUT2D eigenvalue weighted by Crippen LogP contribution is -2.13. The van der Waals surface area contributed by atoms with Gasteiger partial charge in [-0.15, -0.1) is 11.3 Å². The van der Waals surface area contributed by atoms with Crippen molar-refractivity contribution in [1.29, 1.82) is 0 Å². The van der Waals surface area contributed by atoms with Gasteiger partial charge < -0.3 is 9.47 Å². The van der Waals surface area contributed by atoms with Crippen LogP contribution in [0, 0.1) is 0 Å². The van der Waals surface area contributed by atoms with Gasteiger partial charge in [0.1, 0.15) is 28.3 Å². The maximum atomic E-state index is 6.06. The van der Waals surface area contributed by atoms with Crippen molar-refractivity contribution in [3.8, 4) is 5.75 Å². The topological polar surface area (TPSA) is 31.4 Å². The van der Waals surface area contributed by atoms with Crippen molar-refractivity contribution in [3.05, 3.63) is 59.1 Å². The van der Waals surface area contributed by atoms with E-state index in [4.69, 9.17) is 9.47 Å². The van der Waals surface area contributed by atoms with Crippen LogP contribution in [0.5, 0.6) is 5.75 Å². The van der Waals surface area contributed by atoms with Crippen LogP contribution in [-0.4, -0.2) is 18.2 Å². The van der Waals surface area contributed by atoms with Gasteiger partial charge in [0.15, 0.2) is 0 Å². The molecule has 4 heteroatoms. The smallest absolute Gasteiger partial charge is 0.138 e. The Morgan fingerprint density at radius 2 is 1.75 bits per heavy atom. The third-order valence-electron chi connectivity index (χ3n) is 4.86. The second-order valence-corrected chi connectivity index (χ2v) is 7.97. The van der Waals surface area contributed by atoms with Gasteiger partial charge in [0.25, 0.3) is 0 Å². The van der Waals surface area contributed by atoms with E-state index in [-0.39, 0.29) is 6.10 Å². The molecule has 1 aromatic heterocycles. The van der Waals surface area contributed by atoms with Gasteiger partial charge in [-0.2, -0.15) is 0 Å². The normalized spacial score (nSPS) is 11.8. The first-order chi connectivity index (χ1) is 13.5. The summed E-state index contributed by atoms with van der Waals surface area (Å²) in [4.78, 5) is 4.53. The van der Waals surface area contributed by atoms with Crippen molar-refractivity contribution in [1.82, 2.24) is 4.98 Å². The fourth-order valence-electron chi connectivity index (χ4n) is 2.95. The average molecular weight is 400 g/mol. The fourth-order valence-corrected chi connectivity index (χ4v) is 3.82. The van der Waals surface area contributed by atoms with Gasteiger partial charge in [0.2, 0.25) is 0 Å². The lowest BCUT2D eigenvalue weighted by atomic mass is 10.0. The SMILES string of the molecule is C=C(OC)c1csc(C(=C)C(C)Oc2ccc(CCCCCCCC)cc2)n1. The van der Waals surface area contributed by atoms with E-state index in [1.807, 2.05) is 12.3 Å². The minimum atomic E-state index is -0.153. The van der Waals surface area contributed by atoms with Crippen LogP contribution < -0.4 is 4.74 Å². The maximum Gasteiger partial charge on any atom is 0.138 e. The number of nitrogens with zero attached hydrogens (tertiary/aromatic N) is 1. The van der Waals surface area contributed by atoms with Crippen LogP contribution >= 0.6 is 11.3 Å². The molecule has 1 heterocycles. The van der Waals surface area contributed by atoms with Crippen LogP contribution in [0.15, 0.2) is 42.8 Å². The van der Waals surface area contributed by atoms with Gasteiger partial charge >= 0.3 is 0 Å². The van der Waals surface area contributed by atoms with E-state index in [1.165, 1.54) is 55.4 Å². The molecule has 0 spiro atoms. The van der Waals surface area contributed by atoms with E-state index in [9.17, 15) is 0 Å². The van der Waals surface area contributed by atoms with Crippen LogP contribution in [0.2, 0.25) is 0 Å². The molecule has 3 nitrogen and oxygen atoms in total. The Balaban J connectivity index is 1.81. The van der Waals surface area contributed by atoms with Crippen molar-refractivity contribution >= 4 is 22.7 Å². The molecular weight excluding hydrogens is 366 g/mol. The van der Waals surface area contributed by atoms with Crippen molar-refractivity contribution < 1.29 is 9.47 Å². The fraction of sp³-hybridized carbons (Fsp3) is 0.458. The molecule has 0 bridgehead atoms. The molecule has 0 fully saturated rings. The molecule has 1 atom stereocenters. The standard InChI is InChI=1S/C24H33NO2S/c1-6-7-8-9-10-11-12-21-13-15-22(16-14-21)27-19(3)18(2)24-25-23(17-28-24)20(4)26-5/h13-17,19H,2,4,6-12H2,1,3,5H3. The third-order valence-corrected chi connectivity index (χ3v) is 5.77. The van der Waals surface area contributed by atoms with E-state index in [0.29, 0.717) is 5.76 Å². The molecule has 1 unspecified atom stereocenters. The van der Waals surface area contributed by atoms with Crippen LogP contribution in [-0.2, 0) is 11.2 Å². The summed E-state index contributed by atoms with van der Waals surface area (Å²) in [6, 6.07) is 8.44. The highest BCUT2D eigenvalue weighted by Gasteiger charge is 2.15. The van der Waals surface area contributed by atoms with Gasteiger partial charge in [0.05, 0.1) is 7.11 Å². The molecule has 2 aromatic rings. The van der Waals surface area contributed by atoms with E-state index in [1.54, 1.807) is 7.11 Å². The molecule has 0 aliphatic heterocycles. The minimum absolute atomic E-state index is 0.153. The Morgan fingerprint density at radius 1 is 1.07 bits per heavy atom. The molecule has 0 radical (unpaired) electrons. The molecule has 0 aliphatic rings. The highest BCUT2D eigenvalue weighted by molar-refractivity contribution is 7.10. The lowest BCUT2D eigenvalue weighted by Gasteiger charge is -2.16. The average Bonchev–Trinajstić information content (AvgIpc) is 3.20. The summed E-state index contributed by atoms with van der Waals surface area (Å²) in [5, 5.41) is 2.77. The number of hydrogen-bond donors (Lipinski definition) is 0. The number of aryl methyl sites for hydroxylation is 1. The number of benzene rings is 1. The summed E-state index contributed by atoms with van der Waals surface area (Å²) in [6.45, 7) is 12.3. The van der Waals surface area contributed by atoms with Crippen LogP contribution in [0.25, 0.3) is 11.3 Å². The maximum absolute atomic E-state index is 6.06. The van der Waals surface area contributed by atoms with E-state index < -0.39 is 0 Å². The highest BCUT2D eigenvalue weighted by atomic mass is 32.1. The molecule has 0 aliphatic carbocycles. The zero-order chi connectivity index (χ0) is 20.4. The van der Waals surface area contributed by atoms with E-state index in [2.05, 4.69) is 49.3 Å². The highest BCUT2D eigenvalue weighted by Crippen LogP contribution is 2.27. The third kappa shape index (κ3) is 6.83. The van der Waals surface area contributed by atoms with E-state index >= 15 is 0 Å². The Kier molecular flexibility index (Phi) is 9.29. The lowest BCUT2D eigenvalue weighted by molar-refractivity contribution is 0.278. The first-order valence-corrected chi connectivity index (χ1v) is 11.1. The van der Waals surface area contributed by atoms with Crippen molar-refractivity contribution in [2.24, 2.45) is 0 Å². The zero-order valence-electron chi connectivity index (χ0n) is 17.5. The molecule has 0 saturated heterocycles. The summed E-state index contributed by atoms with van der Waals surface area (Å²) in [5.41, 5.74) is 2.98. The molecular formula is C24H33NO2S. The first kappa shape index (κ1) is 22.2. The second kappa shape index (κ2) is 11.7. The Bertz CT molecular complexity index is 748. The predicted molar refractivity (Wildman–Crippen MR) is 121 cm³/mol. The van der Waals surface area contributed by atoms with Crippen LogP contribution in [0.1, 0.15) is 68.6 Å². The minimum Gasteiger partial charge on any atom is -0.495 e. The van der Waals surface area contributed by atoms with Gasteiger partial charge in [-0.05, 0) is 37.5 Å². The number of thiazole rings is 1. The van der Waals surface area contributed by atoms with Crippen LogP contribution in [0.4, 0.5) is 0 Å². The summed E-state index contributed by atoms with van der Waals surface area (Å²) in [7, 11) is 1.60. The molecule has 2 rings (SSSR count). The quantitative estimate of drug-likeness (QED) is 0.265. The molecule has 0 amide bonds. The molecule has 28 heavy (non-hydrogen) atoms. The Labute approximate surface area is 174 Å². The van der Waals surface area contributed by atoms with Crippen LogP contribution in [0.3, 0.4) is 0 Å². The summed E-state index contributed by atoms with van der Waals surface area (Å²) < 4.78 is 11.2. The molecule has 0 N–H and O–H groups in total. The monoisotopic (exact) mass is 399 g/mol. The summed E-state index contributed by atoms with van der Waals surface area (Å²) in [6.07, 6.45) is 8.95. The Hall–Kier alpha value is -2.07. The number of methoxy groups -OCH3 is 1. The molecule has 152 valence electrons. The van der Waals surface area contributed by atoms with E-state index in [0.717, 1.165) is 28.4 Å². The van der Waals surface area contributed by atoms with Gasteiger partial charge in [-0.25, -0.2) is 4.98 Å². The number of rotatable bonds is 13. The number of aromatic nitrogens is 1. The summed E-state index contributed by atoms with van der Waals surface area (Å²) in [5.74, 6) is 1.42. The molecule has 0 saturated carbocycles. The molecule has 1 aromatic carbocycles. The number of unbranched alkanes of at least 4 members (excludes halogenated alkanes) is 5. The van der Waals surface area contributed by atoms with Gasteiger partial charge in [0, 0.05) is 11.0 Å². The zero-order valence-corrected chi connectivity index (χ0v) is 18.3. The summed E-state index contributed by atoms with van der Waals surface area (Å²) >= 11 is 1.53. The van der Waals surface area contributed by atoms with Gasteiger partial charge in [-0.3, -0.25) is 0 Å². The van der Waals surface area contributed by atoms with Crippen molar-refractivity contribution in [3.63, 3.8) is 0 Å². The first-order valence-electron chi connectivity index (χ1n) is 10.2. The number of ether oxygens (including phenoxy) is 2. The number of hydrogen-bond acceptors (Lipinski definition) is 4. The van der Waals surface area contributed by atoms with Crippen molar-refractivity contribution in [2.75, 3.05) is 7.11 Å². The predicted octanol–water partition coefficient (Wildman–Crippen LogP) is 7.14. The Morgan fingerprint density at radius 3 is 2.43 bits per heavy atom. The largest absolute Gasteiger partial charge is 0.495 e. The van der Waals surface area contributed by atoms with Crippen molar-refractivity contribution in [2.45, 2.75) is 64.9 Å².